The Bertz CT molecular complexity index is 252. The van der Waals surface area contributed by atoms with E-state index in [1.54, 1.807) is 6.20 Å². The van der Waals surface area contributed by atoms with Crippen LogP contribution in [0.3, 0.4) is 0 Å². The molecule has 0 amide bonds. The van der Waals surface area contributed by atoms with Crippen molar-refractivity contribution in [1.82, 2.24) is 0 Å². The van der Waals surface area contributed by atoms with Crippen LogP contribution in [0.2, 0.25) is 0 Å². The number of hydrogen-bond acceptors (Lipinski definition) is 1. The van der Waals surface area contributed by atoms with Crippen molar-refractivity contribution < 1.29 is 0 Å². The molecule has 0 spiro atoms. The summed E-state index contributed by atoms with van der Waals surface area (Å²) in [6.45, 7) is 15.3. The first kappa shape index (κ1) is 11.8. The normalized spacial score (nSPS) is 14.2. The second-order valence-electron chi connectivity index (χ2n) is 3.87. The Morgan fingerprint density at radius 1 is 1.31 bits per heavy atom. The molecule has 2 nitrogen and oxygen atoms in total. The molecular formula is C11H18N2. The van der Waals surface area contributed by atoms with Crippen LogP contribution in [-0.4, -0.2) is 12.6 Å². The number of hydrogen-bond donors (Lipinski definition) is 0. The molecule has 0 aliphatic carbocycles. The summed E-state index contributed by atoms with van der Waals surface area (Å²) in [7, 11) is 0. The highest BCUT2D eigenvalue weighted by Gasteiger charge is 2.13. The molecule has 0 N–H and O–H groups in total. The Labute approximate surface area is 80.8 Å². The van der Waals surface area contributed by atoms with Crippen LogP contribution in [0.4, 0.5) is 0 Å². The fourth-order valence-electron chi connectivity index (χ4n) is 0.756. The van der Waals surface area contributed by atoms with E-state index in [1.165, 1.54) is 0 Å². The number of aliphatic imine (C=N–C) groups is 2. The number of rotatable bonds is 2. The largest absolute Gasteiger partial charge is 0.250 e. The van der Waals surface area contributed by atoms with Gasteiger partial charge in [0, 0.05) is 6.20 Å². The maximum absolute atomic E-state index is 4.13. The van der Waals surface area contributed by atoms with E-state index in [4.69, 9.17) is 0 Å². The average molecular weight is 178 g/mol. The fraction of sp³-hybridized carbons (Fsp3) is 0.455. The number of nitrogens with zero attached hydrogens (tertiary/aromatic N) is 2. The SMILES string of the molecule is C=C/C(=C/N=C(/C)N=C)C(C)(C)C. The molecule has 0 aromatic rings. The van der Waals surface area contributed by atoms with Crippen LogP contribution in [0.15, 0.2) is 34.4 Å². The molecular weight excluding hydrogens is 160 g/mol. The van der Waals surface area contributed by atoms with Gasteiger partial charge in [-0.15, -0.1) is 0 Å². The van der Waals surface area contributed by atoms with E-state index >= 15 is 0 Å². The van der Waals surface area contributed by atoms with E-state index in [0.29, 0.717) is 5.84 Å². The van der Waals surface area contributed by atoms with Crippen LogP contribution in [0, 0.1) is 5.41 Å². The minimum Gasteiger partial charge on any atom is -0.250 e. The van der Waals surface area contributed by atoms with Gasteiger partial charge in [0.15, 0.2) is 0 Å². The van der Waals surface area contributed by atoms with Gasteiger partial charge in [-0.3, -0.25) is 0 Å². The summed E-state index contributed by atoms with van der Waals surface area (Å²) in [5.41, 5.74) is 1.17. The van der Waals surface area contributed by atoms with Gasteiger partial charge in [0.25, 0.3) is 0 Å². The molecule has 0 radical (unpaired) electrons. The Morgan fingerprint density at radius 2 is 1.85 bits per heavy atom. The molecule has 0 rings (SSSR count). The Kier molecular flexibility index (Phi) is 4.32. The zero-order chi connectivity index (χ0) is 10.5. The van der Waals surface area contributed by atoms with Crippen molar-refractivity contribution in [3.05, 3.63) is 24.4 Å². The first-order valence-electron chi connectivity index (χ1n) is 4.26. The summed E-state index contributed by atoms with van der Waals surface area (Å²) in [5, 5.41) is 0. The molecule has 72 valence electrons. The molecule has 0 unspecified atom stereocenters. The van der Waals surface area contributed by atoms with Gasteiger partial charge < -0.3 is 0 Å². The third-order valence-electron chi connectivity index (χ3n) is 1.71. The molecule has 0 heterocycles. The van der Waals surface area contributed by atoms with Gasteiger partial charge in [-0.2, -0.15) is 0 Å². The third kappa shape index (κ3) is 4.41. The van der Waals surface area contributed by atoms with Gasteiger partial charge in [0.1, 0.15) is 5.84 Å². The third-order valence-corrected chi connectivity index (χ3v) is 1.71. The standard InChI is InChI=1S/C11H18N2/c1-7-10(11(3,4)5)8-13-9(2)12-6/h7-8H,1,6H2,2-5H3/b10-8-,13-9-. The van der Waals surface area contributed by atoms with E-state index in [2.05, 4.69) is 44.1 Å². The Balaban J connectivity index is 4.79. The molecule has 0 aliphatic heterocycles. The summed E-state index contributed by atoms with van der Waals surface area (Å²) in [4.78, 5) is 7.83. The van der Waals surface area contributed by atoms with Gasteiger partial charge >= 0.3 is 0 Å². The predicted octanol–water partition coefficient (Wildman–Crippen LogP) is 3.22. The maximum Gasteiger partial charge on any atom is 0.124 e. The molecule has 0 fully saturated rings. The van der Waals surface area contributed by atoms with Crippen molar-refractivity contribution in [2.24, 2.45) is 15.4 Å². The lowest BCUT2D eigenvalue weighted by Gasteiger charge is -2.18. The van der Waals surface area contributed by atoms with Crippen molar-refractivity contribution in [2.45, 2.75) is 27.7 Å². The van der Waals surface area contributed by atoms with Crippen molar-refractivity contribution in [1.29, 1.82) is 0 Å². The van der Waals surface area contributed by atoms with Crippen molar-refractivity contribution in [3.8, 4) is 0 Å². The highest BCUT2D eigenvalue weighted by Crippen LogP contribution is 2.25. The van der Waals surface area contributed by atoms with Crippen molar-refractivity contribution in [2.75, 3.05) is 0 Å². The molecule has 0 aromatic carbocycles. The zero-order valence-electron chi connectivity index (χ0n) is 8.96. The smallest absolute Gasteiger partial charge is 0.124 e. The van der Waals surface area contributed by atoms with Crippen LogP contribution in [0.1, 0.15) is 27.7 Å². The van der Waals surface area contributed by atoms with Crippen LogP contribution >= 0.6 is 0 Å². The molecule has 0 aliphatic rings. The number of amidine groups is 1. The molecule has 2 heteroatoms. The topological polar surface area (TPSA) is 24.7 Å². The minimum atomic E-state index is 0.0761. The Morgan fingerprint density at radius 3 is 2.15 bits per heavy atom. The van der Waals surface area contributed by atoms with E-state index in [1.807, 2.05) is 13.0 Å². The highest BCUT2D eigenvalue weighted by molar-refractivity contribution is 5.84. The van der Waals surface area contributed by atoms with Gasteiger partial charge in [0.2, 0.25) is 0 Å². The quantitative estimate of drug-likeness (QED) is 0.352. The summed E-state index contributed by atoms with van der Waals surface area (Å²) in [5.74, 6) is 0.670. The first-order valence-corrected chi connectivity index (χ1v) is 4.26. The van der Waals surface area contributed by atoms with E-state index in [-0.39, 0.29) is 5.41 Å². The van der Waals surface area contributed by atoms with Crippen LogP contribution < -0.4 is 0 Å². The van der Waals surface area contributed by atoms with Crippen LogP contribution in [0.5, 0.6) is 0 Å². The monoisotopic (exact) mass is 178 g/mol. The summed E-state index contributed by atoms with van der Waals surface area (Å²) >= 11 is 0. The van der Waals surface area contributed by atoms with Crippen molar-refractivity contribution in [3.63, 3.8) is 0 Å². The lowest BCUT2D eigenvalue weighted by atomic mass is 9.87. The van der Waals surface area contributed by atoms with E-state index in [0.717, 1.165) is 5.57 Å². The molecule has 0 saturated carbocycles. The molecule has 0 aromatic heterocycles. The molecule has 0 saturated heterocycles. The molecule has 0 bridgehead atoms. The summed E-state index contributed by atoms with van der Waals surface area (Å²) in [6, 6.07) is 0. The second kappa shape index (κ2) is 4.75. The van der Waals surface area contributed by atoms with E-state index in [9.17, 15) is 0 Å². The molecule has 13 heavy (non-hydrogen) atoms. The fourth-order valence-corrected chi connectivity index (χ4v) is 0.756. The van der Waals surface area contributed by atoms with Gasteiger partial charge in [0.05, 0.1) is 0 Å². The van der Waals surface area contributed by atoms with Gasteiger partial charge in [-0.25, -0.2) is 9.98 Å². The van der Waals surface area contributed by atoms with Crippen LogP contribution in [-0.2, 0) is 0 Å². The summed E-state index contributed by atoms with van der Waals surface area (Å²) in [6.07, 6.45) is 3.61. The van der Waals surface area contributed by atoms with Crippen LogP contribution in [0.25, 0.3) is 0 Å². The first-order chi connectivity index (χ1) is 5.91. The Hall–Kier alpha value is -1.18. The second-order valence-corrected chi connectivity index (χ2v) is 3.87. The van der Waals surface area contributed by atoms with E-state index < -0.39 is 0 Å². The minimum absolute atomic E-state index is 0.0761. The molecule has 0 atom stereocenters. The lowest BCUT2D eigenvalue weighted by molar-refractivity contribution is 0.516. The average Bonchev–Trinajstić information content (AvgIpc) is 2.02. The number of allylic oxidation sites excluding steroid dienone is 2. The summed E-state index contributed by atoms with van der Waals surface area (Å²) < 4.78 is 0. The highest BCUT2D eigenvalue weighted by atomic mass is 14.9. The maximum atomic E-state index is 4.13. The predicted molar refractivity (Wildman–Crippen MR) is 60.4 cm³/mol. The van der Waals surface area contributed by atoms with Gasteiger partial charge in [-0.1, -0.05) is 33.4 Å². The van der Waals surface area contributed by atoms with Gasteiger partial charge in [-0.05, 0) is 24.6 Å². The lowest BCUT2D eigenvalue weighted by Crippen LogP contribution is -2.06. The van der Waals surface area contributed by atoms with Crippen molar-refractivity contribution >= 4 is 12.6 Å². The zero-order valence-corrected chi connectivity index (χ0v) is 8.96.